The molecule has 2 aliphatic heterocycles. The number of carboxylic acids is 2. The highest BCUT2D eigenvalue weighted by Crippen LogP contribution is 2.52. The van der Waals surface area contributed by atoms with E-state index in [0.717, 1.165) is 44.4 Å². The van der Waals surface area contributed by atoms with Gasteiger partial charge in [-0.25, -0.2) is 4.90 Å². The highest BCUT2D eigenvalue weighted by atomic mass is 16.4. The van der Waals surface area contributed by atoms with Gasteiger partial charge in [0.2, 0.25) is 11.8 Å². The zero-order chi connectivity index (χ0) is 29.9. The fourth-order valence-corrected chi connectivity index (χ4v) is 7.29. The molecule has 9 nitrogen and oxygen atoms in total. The summed E-state index contributed by atoms with van der Waals surface area (Å²) in [4.78, 5) is 54.8. The summed E-state index contributed by atoms with van der Waals surface area (Å²) in [5.41, 5.74) is 2.60. The summed E-state index contributed by atoms with van der Waals surface area (Å²) in [5.74, 6) is -6.52. The number of carbonyl (C=O) groups excluding carboxylic acids is 2. The third-order valence-corrected chi connectivity index (χ3v) is 9.13. The number of aryl methyl sites for hydroxylation is 3. The van der Waals surface area contributed by atoms with Crippen LogP contribution in [-0.2, 0) is 38.6 Å². The van der Waals surface area contributed by atoms with E-state index in [1.807, 2.05) is 74.5 Å². The molecule has 3 N–H and O–H groups in total. The largest absolute Gasteiger partial charge is 0.481 e. The number of nitrogens with zero attached hydrogens (tertiary/aromatic N) is 2. The van der Waals surface area contributed by atoms with Crippen molar-refractivity contribution in [2.75, 3.05) is 4.90 Å². The van der Waals surface area contributed by atoms with Gasteiger partial charge in [-0.05, 0) is 54.7 Å². The number of hydrogen-bond acceptors (Lipinski definition) is 5. The van der Waals surface area contributed by atoms with E-state index in [1.54, 1.807) is 0 Å². The molecule has 0 bridgehead atoms. The Morgan fingerprint density at radius 1 is 0.857 bits per heavy atom. The highest BCUT2D eigenvalue weighted by molar-refractivity contribution is 6.25. The Morgan fingerprint density at radius 2 is 1.52 bits per heavy atom. The Morgan fingerprint density at radius 3 is 2.14 bits per heavy atom. The first-order valence-corrected chi connectivity index (χ1v) is 14.4. The van der Waals surface area contributed by atoms with Crippen LogP contribution in [0.3, 0.4) is 0 Å². The topological polar surface area (TPSA) is 129 Å². The van der Waals surface area contributed by atoms with Crippen LogP contribution in [0.2, 0.25) is 0 Å². The quantitative estimate of drug-likeness (QED) is 0.264. The van der Waals surface area contributed by atoms with Crippen molar-refractivity contribution in [1.82, 2.24) is 9.88 Å². The van der Waals surface area contributed by atoms with Gasteiger partial charge < -0.3 is 14.8 Å². The molecule has 2 aliphatic rings. The molecule has 42 heavy (non-hydrogen) atoms. The number of nitrogens with one attached hydrogen (secondary N) is 1. The van der Waals surface area contributed by atoms with Gasteiger partial charge in [0.1, 0.15) is 5.54 Å². The van der Waals surface area contributed by atoms with Crippen molar-refractivity contribution in [2.45, 2.75) is 58.2 Å². The summed E-state index contributed by atoms with van der Waals surface area (Å²) in [6.45, 7) is 6.67. The summed E-state index contributed by atoms with van der Waals surface area (Å²) in [6, 6.07) is 18.4. The number of imide groups is 1. The molecule has 4 atom stereocenters. The van der Waals surface area contributed by atoms with Gasteiger partial charge in [-0.15, -0.1) is 0 Å². The summed E-state index contributed by atoms with van der Waals surface area (Å²) in [7, 11) is 0. The van der Waals surface area contributed by atoms with Crippen LogP contribution in [0.25, 0.3) is 21.8 Å². The molecule has 0 spiro atoms. The molecule has 9 heteroatoms. The number of amides is 2. The average Bonchev–Trinajstić information content (AvgIpc) is 3.58. The maximum atomic E-state index is 14.4. The van der Waals surface area contributed by atoms with Gasteiger partial charge in [0.05, 0.1) is 23.9 Å². The summed E-state index contributed by atoms with van der Waals surface area (Å²) in [6.07, 6.45) is 0.281. The van der Waals surface area contributed by atoms with E-state index in [1.165, 1.54) is 0 Å². The fourth-order valence-electron chi connectivity index (χ4n) is 7.29. The van der Waals surface area contributed by atoms with Gasteiger partial charge in [-0.1, -0.05) is 56.3 Å². The molecule has 2 amide bonds. The number of carboxylic acid groups (broad SMARTS) is 2. The standard InChI is InChI=1S/C33H33N3O6/c1-4-18-10-9-11-19(5-2)29(18)36-30(39)26-27(31(36)40)33(32(41)42,17-25(37)38)34-28(26)20-14-15-24-22(16-20)21-12-7-8-13-23(21)35(24)6-3/h7-16,26-28,34H,4-6,17H2,1-3H3,(H,37,38)(H,41,42). The number of fused-ring (bicyclic) bond motifs is 4. The van der Waals surface area contributed by atoms with Crippen LogP contribution in [0.4, 0.5) is 5.69 Å². The van der Waals surface area contributed by atoms with Crippen LogP contribution in [0.5, 0.6) is 0 Å². The molecule has 4 unspecified atom stereocenters. The van der Waals surface area contributed by atoms with Crippen molar-refractivity contribution in [3.05, 3.63) is 77.4 Å². The number of aliphatic carboxylic acids is 2. The minimum absolute atomic E-state index is 0.488. The van der Waals surface area contributed by atoms with Crippen LogP contribution < -0.4 is 10.2 Å². The van der Waals surface area contributed by atoms with Gasteiger partial charge in [0.25, 0.3) is 0 Å². The Hall–Kier alpha value is -4.50. The molecule has 3 heterocycles. The second kappa shape index (κ2) is 10.1. The molecule has 4 aromatic rings. The SMILES string of the molecule is CCc1cccc(CC)c1N1C(=O)C2C(c3ccc4c(c3)c3ccccc3n4CC)NC(CC(=O)O)(C(=O)O)C2C1=O. The lowest BCUT2D eigenvalue weighted by molar-refractivity contribution is -0.154. The van der Waals surface area contributed by atoms with Crippen molar-refractivity contribution < 1.29 is 29.4 Å². The molecule has 2 fully saturated rings. The summed E-state index contributed by atoms with van der Waals surface area (Å²) in [5, 5.41) is 25.3. The van der Waals surface area contributed by atoms with Gasteiger partial charge in [-0.3, -0.25) is 24.5 Å². The lowest BCUT2D eigenvalue weighted by atomic mass is 9.77. The number of anilines is 1. The number of benzene rings is 3. The van der Waals surface area contributed by atoms with Crippen molar-refractivity contribution in [1.29, 1.82) is 0 Å². The zero-order valence-corrected chi connectivity index (χ0v) is 23.8. The minimum atomic E-state index is -2.16. The first-order chi connectivity index (χ1) is 20.2. The molecule has 1 aromatic heterocycles. The first kappa shape index (κ1) is 27.7. The number of rotatable bonds is 8. The van der Waals surface area contributed by atoms with E-state index >= 15 is 0 Å². The molecule has 0 saturated carbocycles. The monoisotopic (exact) mass is 567 g/mol. The Kier molecular flexibility index (Phi) is 6.65. The van der Waals surface area contributed by atoms with Crippen molar-refractivity contribution in [2.24, 2.45) is 11.8 Å². The van der Waals surface area contributed by atoms with E-state index in [-0.39, 0.29) is 0 Å². The van der Waals surface area contributed by atoms with Crippen LogP contribution >= 0.6 is 0 Å². The fraction of sp³-hybridized carbons (Fsp3) is 0.333. The third-order valence-electron chi connectivity index (χ3n) is 9.13. The van der Waals surface area contributed by atoms with Crippen LogP contribution in [0.1, 0.15) is 49.9 Å². The number of aromatic nitrogens is 1. The smallest absolute Gasteiger partial charge is 0.325 e. The lowest BCUT2D eigenvalue weighted by Gasteiger charge is -2.30. The molecule has 3 aromatic carbocycles. The second-order valence-electron chi connectivity index (χ2n) is 11.2. The molecule has 0 aliphatic carbocycles. The average molecular weight is 568 g/mol. The summed E-state index contributed by atoms with van der Waals surface area (Å²) >= 11 is 0. The van der Waals surface area contributed by atoms with Gasteiger partial charge in [-0.2, -0.15) is 0 Å². The zero-order valence-electron chi connectivity index (χ0n) is 23.8. The van der Waals surface area contributed by atoms with E-state index in [9.17, 15) is 29.4 Å². The maximum absolute atomic E-state index is 14.4. The number of carbonyl (C=O) groups is 4. The number of para-hydroxylation sites is 2. The van der Waals surface area contributed by atoms with Gasteiger partial charge >= 0.3 is 11.9 Å². The Labute approximate surface area is 242 Å². The molecule has 6 rings (SSSR count). The van der Waals surface area contributed by atoms with E-state index in [2.05, 4.69) is 16.8 Å². The van der Waals surface area contributed by atoms with E-state index < -0.39 is 53.6 Å². The van der Waals surface area contributed by atoms with Crippen molar-refractivity contribution >= 4 is 51.2 Å². The van der Waals surface area contributed by atoms with Crippen molar-refractivity contribution in [3.63, 3.8) is 0 Å². The maximum Gasteiger partial charge on any atom is 0.325 e. The van der Waals surface area contributed by atoms with Crippen molar-refractivity contribution in [3.8, 4) is 0 Å². The predicted molar refractivity (Wildman–Crippen MR) is 158 cm³/mol. The Balaban J connectivity index is 1.56. The van der Waals surface area contributed by atoms with Crippen LogP contribution in [0.15, 0.2) is 60.7 Å². The van der Waals surface area contributed by atoms with Gasteiger partial charge in [0, 0.05) is 34.4 Å². The Bertz CT molecular complexity index is 1770. The molecular formula is C33H33N3O6. The number of hydrogen-bond donors (Lipinski definition) is 3. The van der Waals surface area contributed by atoms with Crippen LogP contribution in [0, 0.1) is 11.8 Å². The molecular weight excluding hydrogens is 534 g/mol. The van der Waals surface area contributed by atoms with E-state index in [0.29, 0.717) is 24.1 Å². The molecule has 2 saturated heterocycles. The third kappa shape index (κ3) is 3.80. The first-order valence-electron chi connectivity index (χ1n) is 14.4. The molecule has 0 radical (unpaired) electrons. The predicted octanol–water partition coefficient (Wildman–Crippen LogP) is 4.69. The second-order valence-corrected chi connectivity index (χ2v) is 11.2. The van der Waals surface area contributed by atoms with Gasteiger partial charge in [0.15, 0.2) is 0 Å². The highest BCUT2D eigenvalue weighted by Gasteiger charge is 2.69. The van der Waals surface area contributed by atoms with Crippen LogP contribution in [-0.4, -0.2) is 44.1 Å². The normalized spacial score (nSPS) is 23.7. The molecule has 216 valence electrons. The van der Waals surface area contributed by atoms with E-state index in [4.69, 9.17) is 0 Å². The summed E-state index contributed by atoms with van der Waals surface area (Å²) < 4.78 is 2.19. The minimum Gasteiger partial charge on any atom is -0.481 e. The lowest BCUT2D eigenvalue weighted by Crippen LogP contribution is -2.57.